The van der Waals surface area contributed by atoms with Gasteiger partial charge in [-0.15, -0.1) is 0 Å². The van der Waals surface area contributed by atoms with E-state index in [1.165, 1.54) is 7.11 Å². The Labute approximate surface area is 205 Å². The average molecular weight is 479 g/mol. The SMILES string of the molecule is COCCCN1C(=S)NC(c2ccccn2)C1c1cc(C)n(-c2ccccc2C(=O)OC)c1C. The van der Waals surface area contributed by atoms with Crippen molar-refractivity contribution >= 4 is 23.3 Å². The number of carbonyl (C=O) groups excluding carboxylic acids is 1. The van der Waals surface area contributed by atoms with Crippen molar-refractivity contribution in [2.24, 2.45) is 0 Å². The molecule has 1 aliphatic heterocycles. The van der Waals surface area contributed by atoms with E-state index in [4.69, 9.17) is 21.7 Å². The number of carbonyl (C=O) groups is 1. The summed E-state index contributed by atoms with van der Waals surface area (Å²) < 4.78 is 12.4. The van der Waals surface area contributed by atoms with E-state index in [1.807, 2.05) is 36.4 Å². The number of nitrogens with one attached hydrogen (secondary N) is 1. The van der Waals surface area contributed by atoms with Gasteiger partial charge in [0.15, 0.2) is 5.11 Å². The van der Waals surface area contributed by atoms with Crippen LogP contribution in [0, 0.1) is 13.8 Å². The van der Waals surface area contributed by atoms with E-state index in [0.717, 1.165) is 41.3 Å². The molecule has 0 saturated carbocycles. The molecule has 0 radical (unpaired) electrons. The first-order chi connectivity index (χ1) is 16.5. The fourth-order valence-electron chi connectivity index (χ4n) is 4.77. The van der Waals surface area contributed by atoms with Crippen molar-refractivity contribution in [1.82, 2.24) is 19.8 Å². The molecule has 7 nitrogen and oxygen atoms in total. The quantitative estimate of drug-likeness (QED) is 0.294. The molecule has 1 fully saturated rings. The average Bonchev–Trinajstić information content (AvgIpc) is 3.34. The Kier molecular flexibility index (Phi) is 7.29. The highest BCUT2D eigenvalue weighted by Gasteiger charge is 2.41. The first-order valence-electron chi connectivity index (χ1n) is 11.3. The number of ether oxygens (including phenoxy) is 2. The number of esters is 1. The number of thiocarbonyl (C=S) groups is 1. The molecule has 2 atom stereocenters. The standard InChI is InChI=1S/C26H30N4O3S/c1-17-16-20(18(2)30(17)22-12-6-5-10-19(22)25(31)33-4)24-23(21-11-7-8-13-27-21)28-26(34)29(24)14-9-15-32-3/h5-8,10-13,16,23-24H,9,14-15H2,1-4H3,(H,28,34). The van der Waals surface area contributed by atoms with Crippen molar-refractivity contribution in [3.8, 4) is 5.69 Å². The lowest BCUT2D eigenvalue weighted by atomic mass is 9.96. The third-order valence-corrected chi connectivity index (χ3v) is 6.64. The predicted molar refractivity (Wildman–Crippen MR) is 135 cm³/mol. The van der Waals surface area contributed by atoms with Crippen LogP contribution in [-0.4, -0.2) is 52.9 Å². The summed E-state index contributed by atoms with van der Waals surface area (Å²) in [5, 5.41) is 4.21. The van der Waals surface area contributed by atoms with Crippen LogP contribution in [0.3, 0.4) is 0 Å². The number of nitrogens with zero attached hydrogens (tertiary/aromatic N) is 3. The van der Waals surface area contributed by atoms with Crippen LogP contribution in [0.25, 0.3) is 5.69 Å². The number of methoxy groups -OCH3 is 2. The normalized spacial score (nSPS) is 17.6. The number of aromatic nitrogens is 2. The van der Waals surface area contributed by atoms with Gasteiger partial charge >= 0.3 is 5.97 Å². The topological polar surface area (TPSA) is 68.6 Å². The Hall–Kier alpha value is -3.23. The Morgan fingerprint density at radius 3 is 2.62 bits per heavy atom. The number of rotatable bonds is 8. The van der Waals surface area contributed by atoms with E-state index < -0.39 is 0 Å². The molecule has 0 aliphatic carbocycles. The summed E-state index contributed by atoms with van der Waals surface area (Å²) >= 11 is 5.77. The van der Waals surface area contributed by atoms with Gasteiger partial charge < -0.3 is 24.3 Å². The van der Waals surface area contributed by atoms with Crippen LogP contribution in [0.2, 0.25) is 0 Å². The van der Waals surface area contributed by atoms with Gasteiger partial charge in [0.05, 0.1) is 36.1 Å². The van der Waals surface area contributed by atoms with Crippen LogP contribution in [0.15, 0.2) is 54.7 Å². The molecular formula is C26H30N4O3S. The van der Waals surface area contributed by atoms with Gasteiger partial charge in [0.1, 0.15) is 0 Å². The van der Waals surface area contributed by atoms with E-state index in [-0.39, 0.29) is 18.1 Å². The van der Waals surface area contributed by atoms with Gasteiger partial charge in [-0.05, 0) is 68.4 Å². The van der Waals surface area contributed by atoms with Crippen molar-refractivity contribution in [3.63, 3.8) is 0 Å². The lowest BCUT2D eigenvalue weighted by Gasteiger charge is -2.28. The number of para-hydroxylation sites is 1. The maximum Gasteiger partial charge on any atom is 0.339 e. The number of hydrogen-bond acceptors (Lipinski definition) is 5. The van der Waals surface area contributed by atoms with Crippen molar-refractivity contribution in [2.45, 2.75) is 32.4 Å². The molecule has 34 heavy (non-hydrogen) atoms. The first kappa shape index (κ1) is 23.9. The van der Waals surface area contributed by atoms with Gasteiger partial charge in [0, 0.05) is 37.8 Å². The van der Waals surface area contributed by atoms with Crippen LogP contribution in [0.1, 0.15) is 51.5 Å². The van der Waals surface area contributed by atoms with Gasteiger partial charge in [-0.1, -0.05) is 18.2 Å². The molecule has 2 unspecified atom stereocenters. The Balaban J connectivity index is 1.82. The summed E-state index contributed by atoms with van der Waals surface area (Å²) in [6.07, 6.45) is 2.66. The smallest absolute Gasteiger partial charge is 0.339 e. The lowest BCUT2D eigenvalue weighted by Crippen LogP contribution is -2.31. The van der Waals surface area contributed by atoms with Crippen molar-refractivity contribution in [2.75, 3.05) is 27.4 Å². The number of hydrogen-bond donors (Lipinski definition) is 1. The molecule has 1 aliphatic rings. The minimum absolute atomic E-state index is 0.0514. The molecule has 3 aromatic rings. The highest BCUT2D eigenvalue weighted by molar-refractivity contribution is 7.80. The molecule has 1 saturated heterocycles. The van der Waals surface area contributed by atoms with E-state index in [1.54, 1.807) is 19.4 Å². The molecule has 1 N–H and O–H groups in total. The zero-order valence-electron chi connectivity index (χ0n) is 19.9. The first-order valence-corrected chi connectivity index (χ1v) is 11.7. The second kappa shape index (κ2) is 10.4. The number of aryl methyl sites for hydroxylation is 1. The largest absolute Gasteiger partial charge is 0.465 e. The molecule has 178 valence electrons. The van der Waals surface area contributed by atoms with Gasteiger partial charge in [-0.2, -0.15) is 0 Å². The number of pyridine rings is 1. The minimum Gasteiger partial charge on any atom is -0.465 e. The molecule has 1 aromatic carbocycles. The summed E-state index contributed by atoms with van der Waals surface area (Å²) in [6.45, 7) is 5.55. The summed E-state index contributed by atoms with van der Waals surface area (Å²) in [5.41, 5.74) is 5.46. The molecular weight excluding hydrogens is 448 g/mol. The highest BCUT2D eigenvalue weighted by atomic mass is 32.1. The third-order valence-electron chi connectivity index (χ3n) is 6.28. The van der Waals surface area contributed by atoms with Crippen LogP contribution in [0.4, 0.5) is 0 Å². The van der Waals surface area contributed by atoms with Gasteiger partial charge in [-0.3, -0.25) is 4.98 Å². The minimum atomic E-state index is -0.360. The van der Waals surface area contributed by atoms with Crippen LogP contribution < -0.4 is 5.32 Å². The van der Waals surface area contributed by atoms with Crippen molar-refractivity contribution < 1.29 is 14.3 Å². The summed E-state index contributed by atoms with van der Waals surface area (Å²) in [6, 6.07) is 15.5. The number of benzene rings is 1. The van der Waals surface area contributed by atoms with Gasteiger partial charge in [0.2, 0.25) is 0 Å². The molecule has 3 heterocycles. The van der Waals surface area contributed by atoms with Crippen LogP contribution >= 0.6 is 12.2 Å². The summed E-state index contributed by atoms with van der Waals surface area (Å²) in [4.78, 5) is 19.3. The molecule has 0 spiro atoms. The van der Waals surface area contributed by atoms with E-state index in [9.17, 15) is 4.79 Å². The zero-order valence-corrected chi connectivity index (χ0v) is 20.8. The maximum atomic E-state index is 12.5. The van der Waals surface area contributed by atoms with E-state index >= 15 is 0 Å². The molecule has 8 heteroatoms. The fraction of sp³-hybridized carbons (Fsp3) is 0.346. The van der Waals surface area contributed by atoms with Crippen molar-refractivity contribution in [1.29, 1.82) is 0 Å². The molecule has 2 aromatic heterocycles. The van der Waals surface area contributed by atoms with Crippen LogP contribution in [0.5, 0.6) is 0 Å². The molecule has 0 amide bonds. The Morgan fingerprint density at radius 1 is 1.15 bits per heavy atom. The maximum absolute atomic E-state index is 12.5. The molecule has 0 bridgehead atoms. The van der Waals surface area contributed by atoms with Crippen LogP contribution in [-0.2, 0) is 9.47 Å². The fourth-order valence-corrected chi connectivity index (χ4v) is 5.10. The van der Waals surface area contributed by atoms with Gasteiger partial charge in [0.25, 0.3) is 0 Å². The third kappa shape index (κ3) is 4.43. The summed E-state index contributed by atoms with van der Waals surface area (Å²) in [7, 11) is 3.11. The highest BCUT2D eigenvalue weighted by Crippen LogP contribution is 2.41. The predicted octanol–water partition coefficient (Wildman–Crippen LogP) is 4.28. The van der Waals surface area contributed by atoms with Crippen molar-refractivity contribution in [3.05, 3.63) is 82.9 Å². The second-order valence-corrected chi connectivity index (χ2v) is 8.72. The molecule has 4 rings (SSSR count). The zero-order chi connectivity index (χ0) is 24.2. The Bertz CT molecular complexity index is 1180. The Morgan fingerprint density at radius 2 is 1.91 bits per heavy atom. The second-order valence-electron chi connectivity index (χ2n) is 8.34. The monoisotopic (exact) mass is 478 g/mol. The van der Waals surface area contributed by atoms with E-state index in [2.05, 4.69) is 39.7 Å². The lowest BCUT2D eigenvalue weighted by molar-refractivity contribution is 0.0600. The van der Waals surface area contributed by atoms with Gasteiger partial charge in [-0.25, -0.2) is 4.79 Å². The summed E-state index contributed by atoms with van der Waals surface area (Å²) in [5.74, 6) is -0.360. The van der Waals surface area contributed by atoms with E-state index in [0.29, 0.717) is 17.3 Å².